The fraction of sp³-hybridized carbons (Fsp3) is 0.321. The Balaban J connectivity index is 1.82. The minimum Gasteiger partial charge on any atom is -0.294 e. The summed E-state index contributed by atoms with van der Waals surface area (Å²) in [6, 6.07) is 7.74. The van der Waals surface area contributed by atoms with E-state index in [4.69, 9.17) is 0 Å². The number of carbonyl (C=O) groups excluding carboxylic acids is 1. The summed E-state index contributed by atoms with van der Waals surface area (Å²) in [6.07, 6.45) is 13.0. The van der Waals surface area contributed by atoms with Crippen LogP contribution in [0.25, 0.3) is 5.57 Å². The van der Waals surface area contributed by atoms with Crippen LogP contribution < -0.4 is 0 Å². The molecule has 1 aromatic rings. The van der Waals surface area contributed by atoms with Gasteiger partial charge in [0.05, 0.1) is 0 Å². The predicted molar refractivity (Wildman–Crippen MR) is 121 cm³/mol. The van der Waals surface area contributed by atoms with Crippen molar-refractivity contribution in [2.45, 2.75) is 53.4 Å². The van der Waals surface area contributed by atoms with Crippen LogP contribution in [0.2, 0.25) is 0 Å². The van der Waals surface area contributed by atoms with Crippen LogP contribution in [-0.2, 0) is 0 Å². The number of allylic oxidation sites excluding steroid dienone is 8. The van der Waals surface area contributed by atoms with Crippen molar-refractivity contribution < 1.29 is 4.79 Å². The smallest absolute Gasteiger partial charge is 0.168 e. The molecule has 146 valence electrons. The van der Waals surface area contributed by atoms with Crippen LogP contribution in [0, 0.1) is 5.41 Å². The first-order valence-corrected chi connectivity index (χ1v) is 10.4. The summed E-state index contributed by atoms with van der Waals surface area (Å²) in [5.41, 5.74) is 18.5. The van der Waals surface area contributed by atoms with Crippen molar-refractivity contribution in [1.29, 1.82) is 0 Å². The van der Waals surface area contributed by atoms with Crippen LogP contribution in [0.5, 0.6) is 0 Å². The Labute approximate surface area is 174 Å². The number of unbranched alkanes of at least 4 members (excludes halogenated alkanes) is 2. The fourth-order valence-corrected chi connectivity index (χ4v) is 3.23. The van der Waals surface area contributed by atoms with E-state index in [9.17, 15) is 4.79 Å². The molecule has 0 radical (unpaired) electrons. The second kappa shape index (κ2) is 8.98. The molecule has 0 heterocycles. The molecule has 0 aliphatic heterocycles. The van der Waals surface area contributed by atoms with Crippen LogP contribution in [0.1, 0.15) is 69.3 Å². The molecule has 0 bridgehead atoms. The third-order valence-electron chi connectivity index (χ3n) is 5.04. The lowest BCUT2D eigenvalue weighted by Crippen LogP contribution is -2.20. The topological polar surface area (TPSA) is 17.1 Å². The summed E-state index contributed by atoms with van der Waals surface area (Å²) in [5.74, 6) is 0.153. The fourth-order valence-electron chi connectivity index (χ4n) is 3.23. The molecule has 0 amide bonds. The number of benzene rings is 1. The summed E-state index contributed by atoms with van der Waals surface area (Å²) in [4.78, 5) is 12.4. The van der Waals surface area contributed by atoms with Crippen LogP contribution in [0.3, 0.4) is 0 Å². The number of Topliss-reactive ketones (excluding diaryl/α,β-unsaturated/α-hetero) is 1. The van der Waals surface area contributed by atoms with Crippen molar-refractivity contribution >= 4 is 11.4 Å². The Morgan fingerprint density at radius 1 is 0.793 bits per heavy atom. The van der Waals surface area contributed by atoms with Crippen LogP contribution in [0.15, 0.2) is 88.2 Å². The lowest BCUT2D eigenvalue weighted by atomic mass is 9.86. The summed E-state index contributed by atoms with van der Waals surface area (Å²) in [6.45, 7) is 8.04. The first kappa shape index (κ1) is 20.7. The maximum absolute atomic E-state index is 12.4. The van der Waals surface area contributed by atoms with Crippen molar-refractivity contribution in [3.05, 3.63) is 99.3 Å². The first-order valence-electron chi connectivity index (χ1n) is 10.4. The molecule has 0 saturated carbocycles. The van der Waals surface area contributed by atoms with E-state index in [0.717, 1.165) is 34.3 Å². The molecule has 1 heteroatoms. The summed E-state index contributed by atoms with van der Waals surface area (Å²) in [7, 11) is 0. The van der Waals surface area contributed by atoms with E-state index in [1.807, 2.05) is 57.2 Å². The standard InChI is InChI=1S/C28H28O/c1-5-6-7-8-21-9-11-22(12-10-21)23-13-15-24(16-14-23)25-17-19-26(20-18-25)27(29)28(2,3)4/h9,11,13,15,17-20H,5-8H2,1-4H3. The predicted octanol–water partition coefficient (Wildman–Crippen LogP) is 7.31. The van der Waals surface area contributed by atoms with Gasteiger partial charge in [0, 0.05) is 33.3 Å². The van der Waals surface area contributed by atoms with Gasteiger partial charge in [-0.2, -0.15) is 0 Å². The molecule has 0 unspecified atom stereocenters. The van der Waals surface area contributed by atoms with Crippen molar-refractivity contribution in [2.24, 2.45) is 5.41 Å². The summed E-state index contributed by atoms with van der Waals surface area (Å²) >= 11 is 0. The molecule has 0 spiro atoms. The number of carbonyl (C=O) groups is 1. The van der Waals surface area contributed by atoms with E-state index >= 15 is 0 Å². The van der Waals surface area contributed by atoms with E-state index in [2.05, 4.69) is 42.0 Å². The highest BCUT2D eigenvalue weighted by atomic mass is 16.1. The third-order valence-corrected chi connectivity index (χ3v) is 5.04. The van der Waals surface area contributed by atoms with E-state index in [1.54, 1.807) is 0 Å². The molecule has 2 aliphatic carbocycles. The largest absolute Gasteiger partial charge is 0.294 e. The number of hydrogen-bond donors (Lipinski definition) is 0. The minimum absolute atomic E-state index is 0.153. The van der Waals surface area contributed by atoms with E-state index in [0.29, 0.717) is 0 Å². The molecule has 0 fully saturated rings. The minimum atomic E-state index is -0.373. The van der Waals surface area contributed by atoms with Gasteiger partial charge in [-0.1, -0.05) is 87.7 Å². The molecular formula is C28H28O. The van der Waals surface area contributed by atoms with Gasteiger partial charge >= 0.3 is 0 Å². The number of hydrogen-bond acceptors (Lipinski definition) is 1. The Morgan fingerprint density at radius 2 is 1.38 bits per heavy atom. The zero-order valence-electron chi connectivity index (χ0n) is 17.9. The van der Waals surface area contributed by atoms with E-state index in [-0.39, 0.29) is 11.2 Å². The molecule has 0 atom stereocenters. The monoisotopic (exact) mass is 380 g/mol. The van der Waals surface area contributed by atoms with Gasteiger partial charge in [0.2, 0.25) is 0 Å². The summed E-state index contributed by atoms with van der Waals surface area (Å²) < 4.78 is 0. The molecule has 0 saturated heterocycles. The Morgan fingerprint density at radius 3 is 1.90 bits per heavy atom. The molecule has 29 heavy (non-hydrogen) atoms. The maximum Gasteiger partial charge on any atom is 0.168 e. The average molecular weight is 381 g/mol. The van der Waals surface area contributed by atoms with Crippen molar-refractivity contribution in [3.8, 4) is 0 Å². The molecule has 0 N–H and O–H groups in total. The second-order valence-corrected chi connectivity index (χ2v) is 8.55. The number of ketones is 1. The van der Waals surface area contributed by atoms with Gasteiger partial charge in [-0.05, 0) is 42.7 Å². The van der Waals surface area contributed by atoms with Crippen molar-refractivity contribution in [1.82, 2.24) is 0 Å². The molecule has 2 aliphatic rings. The Hall–Kier alpha value is -3.03. The highest BCUT2D eigenvalue weighted by Gasteiger charge is 2.22. The van der Waals surface area contributed by atoms with Gasteiger partial charge in [0.25, 0.3) is 0 Å². The van der Waals surface area contributed by atoms with Crippen LogP contribution >= 0.6 is 0 Å². The highest BCUT2D eigenvalue weighted by molar-refractivity contribution is 6.00. The van der Waals surface area contributed by atoms with E-state index in [1.165, 1.54) is 24.8 Å². The highest BCUT2D eigenvalue weighted by Crippen LogP contribution is 2.25. The van der Waals surface area contributed by atoms with Crippen molar-refractivity contribution in [2.75, 3.05) is 0 Å². The Bertz CT molecular complexity index is 1070. The molecular weight excluding hydrogens is 352 g/mol. The van der Waals surface area contributed by atoms with Gasteiger partial charge in [0.1, 0.15) is 0 Å². The average Bonchev–Trinajstić information content (AvgIpc) is 2.73. The number of rotatable bonds is 7. The lowest BCUT2D eigenvalue weighted by molar-refractivity contribution is 0.0858. The lowest BCUT2D eigenvalue weighted by Gasteiger charge is -2.16. The SMILES string of the molecule is CCCCCC1=C=C=C(C2=C=C=C(c3ccc(C(=O)C(C)(C)C)cc3)C=C2)C=C1. The van der Waals surface area contributed by atoms with Gasteiger partial charge in [-0.25, -0.2) is 0 Å². The zero-order valence-corrected chi connectivity index (χ0v) is 17.9. The van der Waals surface area contributed by atoms with Gasteiger partial charge < -0.3 is 0 Å². The molecule has 1 nitrogen and oxygen atoms in total. The van der Waals surface area contributed by atoms with Gasteiger partial charge in [0.15, 0.2) is 5.78 Å². The molecule has 1 aromatic carbocycles. The zero-order chi connectivity index (χ0) is 20.9. The quantitative estimate of drug-likeness (QED) is 0.275. The first-order chi connectivity index (χ1) is 13.9. The van der Waals surface area contributed by atoms with Gasteiger partial charge in [-0.15, -0.1) is 0 Å². The second-order valence-electron chi connectivity index (χ2n) is 8.55. The third kappa shape index (κ3) is 5.28. The molecule has 0 aromatic heterocycles. The maximum atomic E-state index is 12.4. The van der Waals surface area contributed by atoms with Gasteiger partial charge in [-0.3, -0.25) is 4.79 Å². The van der Waals surface area contributed by atoms with Crippen LogP contribution in [-0.4, -0.2) is 5.78 Å². The van der Waals surface area contributed by atoms with Crippen LogP contribution in [0.4, 0.5) is 0 Å². The Kier molecular flexibility index (Phi) is 6.41. The summed E-state index contributed by atoms with van der Waals surface area (Å²) in [5, 5.41) is 0. The molecule has 3 rings (SSSR count). The van der Waals surface area contributed by atoms with Crippen molar-refractivity contribution in [3.63, 3.8) is 0 Å². The normalized spacial score (nSPS) is 15.0. The van der Waals surface area contributed by atoms with E-state index < -0.39 is 0 Å².